The Labute approximate surface area is 240 Å². The second-order valence-electron chi connectivity index (χ2n) is 8.02. The number of aromatic nitrogens is 1. The number of nitrogens with one attached hydrogen (secondary N) is 2. The average Bonchev–Trinajstić information content (AvgIpc) is 3.33. The van der Waals surface area contributed by atoms with Crippen LogP contribution in [0.2, 0.25) is 0 Å². The van der Waals surface area contributed by atoms with Crippen molar-refractivity contribution >= 4 is 71.4 Å². The minimum absolute atomic E-state index is 0. The van der Waals surface area contributed by atoms with Crippen LogP contribution in [-0.4, -0.2) is 66.1 Å². The summed E-state index contributed by atoms with van der Waals surface area (Å²) < 4.78 is 5.24. The van der Waals surface area contributed by atoms with Crippen molar-refractivity contribution in [1.29, 1.82) is 0 Å². The van der Waals surface area contributed by atoms with Crippen LogP contribution in [0.5, 0.6) is 0 Å². The molecule has 1 aromatic heterocycles. The van der Waals surface area contributed by atoms with E-state index < -0.39 is 6.09 Å². The molecule has 1 aliphatic heterocycles. The first-order valence-corrected chi connectivity index (χ1v) is 12.2. The number of hydrogen-bond donors (Lipinski definition) is 2. The molecular formula is C25H32Cl3N5O3S. The number of amides is 2. The first-order valence-electron chi connectivity index (χ1n) is 11.4. The maximum atomic E-state index is 12.5. The van der Waals surface area contributed by atoms with Crippen molar-refractivity contribution in [3.05, 3.63) is 77.3 Å². The fourth-order valence-electron chi connectivity index (χ4n) is 3.66. The number of para-hydroxylation sites is 1. The molecule has 1 fully saturated rings. The van der Waals surface area contributed by atoms with E-state index in [1.54, 1.807) is 0 Å². The molecule has 0 bridgehead atoms. The largest absolute Gasteiger partial charge is 0.444 e. The smallest absolute Gasteiger partial charge is 0.413 e. The van der Waals surface area contributed by atoms with E-state index in [0.717, 1.165) is 56.1 Å². The van der Waals surface area contributed by atoms with Gasteiger partial charge in [0.1, 0.15) is 6.61 Å². The van der Waals surface area contributed by atoms with Gasteiger partial charge in [-0.05, 0) is 17.7 Å². The lowest BCUT2D eigenvalue weighted by atomic mass is 10.2. The number of halogens is 3. The number of anilines is 2. The molecule has 12 heteroatoms. The topological polar surface area (TPSA) is 86.8 Å². The molecular weight excluding hydrogens is 557 g/mol. The van der Waals surface area contributed by atoms with Crippen LogP contribution in [0.15, 0.2) is 66.0 Å². The van der Waals surface area contributed by atoms with Crippen molar-refractivity contribution in [2.24, 2.45) is 0 Å². The van der Waals surface area contributed by atoms with Gasteiger partial charge in [0.15, 0.2) is 5.13 Å². The molecule has 0 unspecified atom stereocenters. The molecule has 2 N–H and O–H groups in total. The summed E-state index contributed by atoms with van der Waals surface area (Å²) in [6.07, 6.45) is 0.285. The molecule has 0 radical (unpaired) electrons. The number of piperazine rings is 1. The number of carbonyl (C=O) groups excluding carboxylic acids is 2. The first kappa shape index (κ1) is 32.5. The fourth-order valence-corrected chi connectivity index (χ4v) is 4.40. The first-order chi connectivity index (χ1) is 16.7. The van der Waals surface area contributed by atoms with E-state index >= 15 is 0 Å². The monoisotopic (exact) mass is 587 g/mol. The summed E-state index contributed by atoms with van der Waals surface area (Å²) in [5, 5.41) is 8.37. The molecule has 202 valence electrons. The summed E-state index contributed by atoms with van der Waals surface area (Å²) in [6.45, 7) is 4.55. The number of rotatable bonds is 9. The summed E-state index contributed by atoms with van der Waals surface area (Å²) in [7, 11) is 0. The highest BCUT2D eigenvalue weighted by atomic mass is 35.5. The lowest BCUT2D eigenvalue weighted by Gasteiger charge is -2.34. The lowest BCUT2D eigenvalue weighted by molar-refractivity contribution is -0.131. The highest BCUT2D eigenvalue weighted by Gasteiger charge is 2.21. The van der Waals surface area contributed by atoms with Gasteiger partial charge in [0.05, 0.1) is 12.2 Å². The molecule has 4 rings (SSSR count). The Hall–Kier alpha value is -2.56. The number of carbonyl (C=O) groups is 2. The van der Waals surface area contributed by atoms with Gasteiger partial charge in [-0.15, -0.1) is 48.6 Å². The molecule has 3 aromatic rings. The zero-order valence-corrected chi connectivity index (χ0v) is 23.5. The number of ether oxygens (including phenoxy) is 1. The van der Waals surface area contributed by atoms with E-state index in [4.69, 9.17) is 4.74 Å². The number of thiazole rings is 1. The third-order valence-electron chi connectivity index (χ3n) is 5.60. The quantitative estimate of drug-likeness (QED) is 0.368. The molecule has 0 aliphatic carbocycles. The predicted molar refractivity (Wildman–Crippen MR) is 156 cm³/mol. The summed E-state index contributed by atoms with van der Waals surface area (Å²) in [5.74, 6) is 0.123. The minimum atomic E-state index is -0.507. The zero-order valence-electron chi connectivity index (χ0n) is 20.2. The molecule has 1 saturated heterocycles. The SMILES string of the molecule is Cl.Cl.Cl.O=C(Nc1nc(CCN2CCN(C(=O)CNc3ccccc3)CC2)cs1)OCc1ccccc1. The van der Waals surface area contributed by atoms with Gasteiger partial charge < -0.3 is 15.0 Å². The van der Waals surface area contributed by atoms with Gasteiger partial charge in [-0.2, -0.15) is 0 Å². The second kappa shape index (κ2) is 17.0. The summed E-state index contributed by atoms with van der Waals surface area (Å²) in [5.41, 5.74) is 2.83. The molecule has 8 nitrogen and oxygen atoms in total. The Morgan fingerprint density at radius 2 is 1.57 bits per heavy atom. The molecule has 1 aliphatic rings. The molecule has 0 atom stereocenters. The second-order valence-corrected chi connectivity index (χ2v) is 8.88. The van der Waals surface area contributed by atoms with E-state index in [1.165, 1.54) is 11.3 Å². The zero-order chi connectivity index (χ0) is 23.6. The third kappa shape index (κ3) is 10.8. The molecule has 2 amide bonds. The standard InChI is InChI=1S/C25H29N5O3S.3ClH/c31-23(17-26-21-9-5-2-6-10-21)30-15-13-29(14-16-30)12-11-22-19-34-24(27-22)28-25(32)33-18-20-7-3-1-4-8-20;;;/h1-10,19,26H,11-18H2,(H,27,28,32);3*1H. The maximum Gasteiger partial charge on any atom is 0.413 e. The molecule has 0 saturated carbocycles. The van der Waals surface area contributed by atoms with Crippen molar-refractivity contribution in [3.8, 4) is 0 Å². The summed E-state index contributed by atoms with van der Waals surface area (Å²) in [4.78, 5) is 33.2. The van der Waals surface area contributed by atoms with Crippen LogP contribution in [0.4, 0.5) is 15.6 Å². The summed E-state index contributed by atoms with van der Waals surface area (Å²) in [6, 6.07) is 19.3. The van der Waals surface area contributed by atoms with Crippen LogP contribution >= 0.6 is 48.6 Å². The highest BCUT2D eigenvalue weighted by molar-refractivity contribution is 7.13. The van der Waals surface area contributed by atoms with Crippen LogP contribution in [0, 0.1) is 0 Å². The van der Waals surface area contributed by atoms with Crippen LogP contribution in [0.1, 0.15) is 11.3 Å². The van der Waals surface area contributed by atoms with Gasteiger partial charge in [0.2, 0.25) is 5.91 Å². The Bertz CT molecular complexity index is 1070. The molecule has 2 heterocycles. The summed E-state index contributed by atoms with van der Waals surface area (Å²) >= 11 is 1.39. The van der Waals surface area contributed by atoms with E-state index in [-0.39, 0.29) is 49.7 Å². The van der Waals surface area contributed by atoms with Crippen molar-refractivity contribution in [2.75, 3.05) is 49.9 Å². The number of hydrogen-bond acceptors (Lipinski definition) is 7. The van der Waals surface area contributed by atoms with Crippen LogP contribution in [0.3, 0.4) is 0 Å². The van der Waals surface area contributed by atoms with Crippen molar-refractivity contribution < 1.29 is 14.3 Å². The van der Waals surface area contributed by atoms with Gasteiger partial charge in [-0.3, -0.25) is 15.0 Å². The van der Waals surface area contributed by atoms with E-state index in [2.05, 4.69) is 20.5 Å². The van der Waals surface area contributed by atoms with Crippen LogP contribution in [-0.2, 0) is 22.6 Å². The Kier molecular flexibility index (Phi) is 15.0. The highest BCUT2D eigenvalue weighted by Crippen LogP contribution is 2.17. The van der Waals surface area contributed by atoms with Crippen LogP contribution < -0.4 is 10.6 Å². The van der Waals surface area contributed by atoms with E-state index in [9.17, 15) is 9.59 Å². The Morgan fingerprint density at radius 3 is 2.24 bits per heavy atom. The van der Waals surface area contributed by atoms with Gasteiger partial charge in [0.25, 0.3) is 0 Å². The van der Waals surface area contributed by atoms with Crippen molar-refractivity contribution in [1.82, 2.24) is 14.8 Å². The fraction of sp³-hybridized carbons (Fsp3) is 0.320. The van der Waals surface area contributed by atoms with Gasteiger partial charge in [-0.25, -0.2) is 9.78 Å². The van der Waals surface area contributed by atoms with Gasteiger partial charge >= 0.3 is 6.09 Å². The average molecular weight is 589 g/mol. The predicted octanol–water partition coefficient (Wildman–Crippen LogP) is 4.96. The number of nitrogens with zero attached hydrogens (tertiary/aromatic N) is 3. The lowest BCUT2D eigenvalue weighted by Crippen LogP contribution is -2.50. The number of benzene rings is 2. The molecule has 37 heavy (non-hydrogen) atoms. The Morgan fingerprint density at radius 1 is 0.919 bits per heavy atom. The third-order valence-corrected chi connectivity index (χ3v) is 6.41. The van der Waals surface area contributed by atoms with E-state index in [1.807, 2.05) is 70.9 Å². The van der Waals surface area contributed by atoms with Gasteiger partial charge in [-0.1, -0.05) is 48.5 Å². The van der Waals surface area contributed by atoms with Gasteiger partial charge in [0, 0.05) is 50.2 Å². The van der Waals surface area contributed by atoms with Crippen molar-refractivity contribution in [2.45, 2.75) is 13.0 Å². The van der Waals surface area contributed by atoms with Crippen LogP contribution in [0.25, 0.3) is 0 Å². The minimum Gasteiger partial charge on any atom is -0.444 e. The Balaban J connectivity index is 0.00000228. The molecule has 2 aromatic carbocycles. The van der Waals surface area contributed by atoms with Crippen molar-refractivity contribution in [3.63, 3.8) is 0 Å². The normalized spacial score (nSPS) is 12.8. The van der Waals surface area contributed by atoms with E-state index in [0.29, 0.717) is 11.7 Å². The maximum absolute atomic E-state index is 12.5. The molecule has 0 spiro atoms.